The molecule has 9 nitrogen and oxygen atoms in total. The van der Waals surface area contributed by atoms with Crippen molar-refractivity contribution in [3.8, 4) is 28.5 Å². The number of H-pyrrole nitrogens is 1. The Hall–Kier alpha value is -4.53. The van der Waals surface area contributed by atoms with E-state index in [9.17, 15) is 4.79 Å². The van der Waals surface area contributed by atoms with Gasteiger partial charge in [0.1, 0.15) is 0 Å². The number of benzene rings is 3. The quantitative estimate of drug-likeness (QED) is 0.316. The summed E-state index contributed by atoms with van der Waals surface area (Å²) in [6.07, 6.45) is 0. The molecule has 2 aromatic heterocycles. The molecule has 36 heavy (non-hydrogen) atoms. The van der Waals surface area contributed by atoms with E-state index in [0.29, 0.717) is 48.2 Å². The summed E-state index contributed by atoms with van der Waals surface area (Å²) >= 11 is 0. The first-order chi connectivity index (χ1) is 17.6. The van der Waals surface area contributed by atoms with Gasteiger partial charge in [0.25, 0.3) is 6.01 Å². The van der Waals surface area contributed by atoms with Crippen LogP contribution in [-0.4, -0.2) is 49.4 Å². The molecule has 5 rings (SSSR count). The zero-order valence-corrected chi connectivity index (χ0v) is 20.4. The first kappa shape index (κ1) is 23.2. The summed E-state index contributed by atoms with van der Waals surface area (Å²) in [5, 5.41) is 14.5. The lowest BCUT2D eigenvalue weighted by atomic mass is 9.98. The van der Waals surface area contributed by atoms with Crippen molar-refractivity contribution in [1.82, 2.24) is 30.2 Å². The number of aromatic amines is 1. The molecule has 0 aliphatic heterocycles. The van der Waals surface area contributed by atoms with Crippen LogP contribution in [0.15, 0.2) is 60.7 Å². The number of aromatic nitrogens is 6. The summed E-state index contributed by atoms with van der Waals surface area (Å²) in [4.78, 5) is 17.5. The summed E-state index contributed by atoms with van der Waals surface area (Å²) in [6, 6.07) is 20.4. The van der Waals surface area contributed by atoms with Crippen molar-refractivity contribution in [3.63, 3.8) is 0 Å². The van der Waals surface area contributed by atoms with Crippen LogP contribution in [0.1, 0.15) is 35.3 Å². The molecule has 0 amide bonds. The molecule has 1 N–H and O–H groups in total. The van der Waals surface area contributed by atoms with Crippen molar-refractivity contribution < 1.29 is 14.3 Å². The molecule has 9 heteroatoms. The average molecular weight is 483 g/mol. The Morgan fingerprint density at radius 3 is 2.44 bits per heavy atom. The van der Waals surface area contributed by atoms with Gasteiger partial charge in [-0.25, -0.2) is 4.79 Å². The first-order valence-electron chi connectivity index (χ1n) is 11.8. The predicted molar refractivity (Wildman–Crippen MR) is 136 cm³/mol. The van der Waals surface area contributed by atoms with E-state index < -0.39 is 0 Å². The van der Waals surface area contributed by atoms with Gasteiger partial charge in [0.15, 0.2) is 0 Å². The first-order valence-corrected chi connectivity index (χ1v) is 11.8. The average Bonchev–Trinajstić information content (AvgIpc) is 3.54. The maximum atomic E-state index is 12.9. The number of ether oxygens (including phenoxy) is 2. The monoisotopic (exact) mass is 482 g/mol. The van der Waals surface area contributed by atoms with E-state index in [0.717, 1.165) is 27.8 Å². The Morgan fingerprint density at radius 1 is 0.972 bits per heavy atom. The smallest absolute Gasteiger partial charge is 0.340 e. The Bertz CT molecular complexity index is 1510. The maximum Gasteiger partial charge on any atom is 0.340 e. The molecule has 182 valence electrons. The Morgan fingerprint density at radius 2 is 1.75 bits per heavy atom. The van der Waals surface area contributed by atoms with Gasteiger partial charge in [-0.15, -0.1) is 10.2 Å². The normalized spacial score (nSPS) is 11.1. The van der Waals surface area contributed by atoms with Crippen LogP contribution in [0.2, 0.25) is 0 Å². The lowest BCUT2D eigenvalue weighted by molar-refractivity contribution is 0.0527. The second-order valence-corrected chi connectivity index (χ2v) is 8.24. The van der Waals surface area contributed by atoms with Crippen LogP contribution in [-0.2, 0) is 11.3 Å². The van der Waals surface area contributed by atoms with E-state index in [2.05, 4.69) is 49.9 Å². The van der Waals surface area contributed by atoms with E-state index in [1.54, 1.807) is 6.92 Å². The molecule has 0 saturated carbocycles. The Kier molecular flexibility index (Phi) is 6.44. The number of imidazole rings is 1. The van der Waals surface area contributed by atoms with E-state index in [1.165, 1.54) is 0 Å². The highest BCUT2D eigenvalue weighted by Crippen LogP contribution is 2.32. The van der Waals surface area contributed by atoms with E-state index in [1.807, 2.05) is 54.8 Å². The number of fused-ring (bicyclic) bond motifs is 1. The minimum atomic E-state index is -0.363. The van der Waals surface area contributed by atoms with Gasteiger partial charge in [0.05, 0.1) is 36.4 Å². The van der Waals surface area contributed by atoms with Crippen molar-refractivity contribution in [2.75, 3.05) is 13.2 Å². The van der Waals surface area contributed by atoms with Crippen LogP contribution in [0, 0.1) is 6.92 Å². The predicted octanol–water partition coefficient (Wildman–Crippen LogP) is 4.82. The second-order valence-electron chi connectivity index (χ2n) is 8.24. The van der Waals surface area contributed by atoms with E-state index in [-0.39, 0.29) is 5.97 Å². The third-order valence-corrected chi connectivity index (χ3v) is 5.95. The second kappa shape index (κ2) is 9.99. The number of carbonyl (C=O) groups excluding carboxylic acids is 1. The fraction of sp³-hybridized carbons (Fsp3) is 0.222. The highest BCUT2D eigenvalue weighted by Gasteiger charge is 2.22. The summed E-state index contributed by atoms with van der Waals surface area (Å²) < 4.78 is 13.2. The zero-order valence-electron chi connectivity index (χ0n) is 20.4. The fourth-order valence-corrected chi connectivity index (χ4v) is 4.33. The number of hydrogen-bond donors (Lipinski definition) is 1. The molecule has 0 saturated heterocycles. The molecule has 0 unspecified atom stereocenters. The highest BCUT2D eigenvalue weighted by atomic mass is 16.5. The number of rotatable bonds is 8. The zero-order chi connectivity index (χ0) is 25.1. The van der Waals surface area contributed by atoms with Crippen molar-refractivity contribution in [2.24, 2.45) is 0 Å². The minimum Gasteiger partial charge on any atom is -0.465 e. The summed E-state index contributed by atoms with van der Waals surface area (Å²) in [7, 11) is 0. The molecule has 0 bridgehead atoms. The third kappa shape index (κ3) is 4.31. The standard InChI is InChI=1S/C27H26N6O3/c1-4-35-26(34)23-17(3)10-15-22-24(23)33(27(28-22)36-5-2)16-18-11-13-19(14-12-18)20-8-6-7-9-21(20)25-29-31-32-30-25/h6-15H,4-5,16H2,1-3H3,(H,29,30,31,32). The van der Waals surface area contributed by atoms with Gasteiger partial charge < -0.3 is 9.47 Å². The maximum absolute atomic E-state index is 12.9. The topological polar surface area (TPSA) is 108 Å². The van der Waals surface area contributed by atoms with Crippen LogP contribution in [0.5, 0.6) is 6.01 Å². The molecule has 0 fully saturated rings. The van der Waals surface area contributed by atoms with Gasteiger partial charge in [-0.1, -0.05) is 54.6 Å². The molecule has 0 aliphatic carbocycles. The molecule has 0 aliphatic rings. The molecule has 3 aromatic carbocycles. The van der Waals surface area contributed by atoms with Crippen LogP contribution in [0.3, 0.4) is 0 Å². The molecule has 0 radical (unpaired) electrons. The van der Waals surface area contributed by atoms with E-state index in [4.69, 9.17) is 9.47 Å². The molecule has 0 spiro atoms. The molecule has 0 atom stereocenters. The largest absolute Gasteiger partial charge is 0.465 e. The molecule has 2 heterocycles. The summed E-state index contributed by atoms with van der Waals surface area (Å²) in [6.45, 7) is 6.86. The highest BCUT2D eigenvalue weighted by molar-refractivity contribution is 6.04. The third-order valence-electron chi connectivity index (χ3n) is 5.95. The Labute approximate surface area is 208 Å². The van der Waals surface area contributed by atoms with Gasteiger partial charge in [0.2, 0.25) is 5.82 Å². The van der Waals surface area contributed by atoms with Gasteiger partial charge in [-0.05, 0) is 54.3 Å². The number of hydrogen-bond acceptors (Lipinski definition) is 7. The SMILES string of the molecule is CCOC(=O)c1c(C)ccc2nc(OCC)n(Cc3ccc(-c4ccccc4-c4nn[nH]n4)cc3)c12. The summed E-state index contributed by atoms with van der Waals surface area (Å²) in [5.74, 6) is 0.181. The van der Waals surface area contributed by atoms with Crippen molar-refractivity contribution >= 4 is 17.0 Å². The minimum absolute atomic E-state index is 0.300. The van der Waals surface area contributed by atoms with Crippen molar-refractivity contribution in [2.45, 2.75) is 27.3 Å². The molecular formula is C27H26N6O3. The van der Waals surface area contributed by atoms with Crippen LogP contribution in [0.4, 0.5) is 0 Å². The van der Waals surface area contributed by atoms with Gasteiger partial charge in [-0.2, -0.15) is 10.2 Å². The lowest BCUT2D eigenvalue weighted by Crippen LogP contribution is -2.11. The number of nitrogens with one attached hydrogen (secondary N) is 1. The van der Waals surface area contributed by atoms with Gasteiger partial charge >= 0.3 is 5.97 Å². The number of aryl methyl sites for hydroxylation is 1. The lowest BCUT2D eigenvalue weighted by Gasteiger charge is -2.13. The number of nitrogens with zero attached hydrogens (tertiary/aromatic N) is 5. The van der Waals surface area contributed by atoms with Crippen LogP contribution < -0.4 is 4.74 Å². The van der Waals surface area contributed by atoms with Crippen molar-refractivity contribution in [3.05, 3.63) is 77.4 Å². The van der Waals surface area contributed by atoms with Crippen molar-refractivity contribution in [1.29, 1.82) is 0 Å². The Balaban J connectivity index is 1.54. The number of tetrazole rings is 1. The van der Waals surface area contributed by atoms with Gasteiger partial charge in [-0.3, -0.25) is 4.57 Å². The van der Waals surface area contributed by atoms with Gasteiger partial charge in [0, 0.05) is 5.56 Å². The molecule has 5 aromatic rings. The number of esters is 1. The number of carbonyl (C=O) groups is 1. The molecular weight excluding hydrogens is 456 g/mol. The fourth-order valence-electron chi connectivity index (χ4n) is 4.33. The summed E-state index contributed by atoms with van der Waals surface area (Å²) in [5.41, 5.74) is 6.72. The van der Waals surface area contributed by atoms with E-state index >= 15 is 0 Å². The van der Waals surface area contributed by atoms with Crippen LogP contribution in [0.25, 0.3) is 33.5 Å². The van der Waals surface area contributed by atoms with Crippen LogP contribution >= 0.6 is 0 Å².